The van der Waals surface area contributed by atoms with Crippen LogP contribution in [0.3, 0.4) is 0 Å². The predicted octanol–water partition coefficient (Wildman–Crippen LogP) is 1.18. The van der Waals surface area contributed by atoms with Gasteiger partial charge in [0.05, 0.1) is 5.25 Å². The molecule has 0 amide bonds. The van der Waals surface area contributed by atoms with E-state index in [-0.39, 0.29) is 5.25 Å². The molecule has 2 heterocycles. The second-order valence-corrected chi connectivity index (χ2v) is 9.40. The monoisotopic (exact) mass is 353 g/mol. The van der Waals surface area contributed by atoms with Crippen molar-refractivity contribution in [3.8, 4) is 0 Å². The number of sulfonamides is 1. The number of rotatable bonds is 6. The summed E-state index contributed by atoms with van der Waals surface area (Å²) in [5.41, 5.74) is 0. The molecule has 0 bridgehead atoms. The lowest BCUT2D eigenvalue weighted by atomic mass is 9.97. The lowest BCUT2D eigenvalue weighted by Gasteiger charge is -2.34. The van der Waals surface area contributed by atoms with Gasteiger partial charge in [-0.15, -0.1) is 0 Å². The second-order valence-electron chi connectivity index (χ2n) is 7.08. The molecular formula is C16H27N5O2S. The van der Waals surface area contributed by atoms with Crippen LogP contribution < -0.4 is 9.80 Å². The van der Waals surface area contributed by atoms with E-state index < -0.39 is 10.0 Å². The minimum Gasteiger partial charge on any atom is -0.363 e. The molecule has 2 fully saturated rings. The fourth-order valence-electron chi connectivity index (χ4n) is 3.19. The van der Waals surface area contributed by atoms with Crippen LogP contribution in [-0.4, -0.2) is 68.7 Å². The van der Waals surface area contributed by atoms with Crippen molar-refractivity contribution in [3.63, 3.8) is 0 Å². The second kappa shape index (κ2) is 6.84. The quantitative estimate of drug-likeness (QED) is 0.765. The molecule has 0 spiro atoms. The molecule has 8 heteroatoms. The van der Waals surface area contributed by atoms with Crippen molar-refractivity contribution < 1.29 is 8.42 Å². The Kier molecular flexibility index (Phi) is 4.96. The molecule has 24 heavy (non-hydrogen) atoms. The van der Waals surface area contributed by atoms with E-state index in [1.807, 2.05) is 25.1 Å². The third kappa shape index (κ3) is 3.80. The summed E-state index contributed by atoms with van der Waals surface area (Å²) in [7, 11) is 2.61. The normalized spacial score (nSPS) is 19.8. The molecule has 1 aromatic rings. The highest BCUT2D eigenvalue weighted by Crippen LogP contribution is 2.31. The average molecular weight is 353 g/mol. The Bertz CT molecular complexity index is 667. The number of nitrogens with zero attached hydrogens (tertiary/aromatic N) is 5. The maximum atomic E-state index is 12.2. The van der Waals surface area contributed by atoms with Crippen LogP contribution in [-0.2, 0) is 10.0 Å². The van der Waals surface area contributed by atoms with Crippen molar-refractivity contribution in [2.45, 2.75) is 30.9 Å². The summed E-state index contributed by atoms with van der Waals surface area (Å²) in [6, 6.07) is 2.00. The summed E-state index contributed by atoms with van der Waals surface area (Å²) >= 11 is 0. The standard InChI is InChI=1S/C16H27N5O2S/c1-19(2)15-10-16(18-12-17-15)21-8-6-13(7-9-21)11-20(3)24(22,23)14-4-5-14/h10,12-14H,4-9,11H2,1-3H3. The van der Waals surface area contributed by atoms with E-state index in [1.165, 1.54) is 0 Å². The first-order chi connectivity index (χ1) is 11.4. The fraction of sp³-hybridized carbons (Fsp3) is 0.750. The van der Waals surface area contributed by atoms with Gasteiger partial charge >= 0.3 is 0 Å². The zero-order valence-electron chi connectivity index (χ0n) is 14.7. The molecule has 0 aromatic carbocycles. The van der Waals surface area contributed by atoms with Gasteiger partial charge < -0.3 is 9.80 Å². The highest BCUT2D eigenvalue weighted by atomic mass is 32.2. The van der Waals surface area contributed by atoms with E-state index in [9.17, 15) is 8.42 Å². The Labute approximate surface area is 144 Å². The molecule has 134 valence electrons. The number of hydrogen-bond acceptors (Lipinski definition) is 6. The highest BCUT2D eigenvalue weighted by molar-refractivity contribution is 7.90. The van der Waals surface area contributed by atoms with Gasteiger partial charge in [-0.05, 0) is 31.6 Å². The van der Waals surface area contributed by atoms with Crippen LogP contribution in [0.15, 0.2) is 12.4 Å². The van der Waals surface area contributed by atoms with Crippen molar-refractivity contribution in [1.82, 2.24) is 14.3 Å². The van der Waals surface area contributed by atoms with E-state index in [0.717, 1.165) is 50.4 Å². The van der Waals surface area contributed by atoms with E-state index in [4.69, 9.17) is 0 Å². The van der Waals surface area contributed by atoms with Gasteiger partial charge in [-0.25, -0.2) is 22.7 Å². The molecule has 3 rings (SSSR count). The Balaban J connectivity index is 1.55. The molecule has 1 aliphatic carbocycles. The number of piperidine rings is 1. The zero-order valence-corrected chi connectivity index (χ0v) is 15.5. The van der Waals surface area contributed by atoms with Crippen LogP contribution in [0.2, 0.25) is 0 Å². The molecule has 1 aromatic heterocycles. The van der Waals surface area contributed by atoms with E-state index in [2.05, 4.69) is 14.9 Å². The van der Waals surface area contributed by atoms with Gasteiger partial charge in [-0.2, -0.15) is 0 Å². The van der Waals surface area contributed by atoms with E-state index in [1.54, 1.807) is 17.7 Å². The first kappa shape index (κ1) is 17.4. The summed E-state index contributed by atoms with van der Waals surface area (Å²) in [4.78, 5) is 12.9. The molecule has 0 atom stereocenters. The van der Waals surface area contributed by atoms with Crippen LogP contribution in [0.1, 0.15) is 25.7 Å². The summed E-state index contributed by atoms with van der Waals surface area (Å²) in [5.74, 6) is 2.28. The molecule has 2 aliphatic rings. The number of aromatic nitrogens is 2. The van der Waals surface area contributed by atoms with Gasteiger partial charge in [0.15, 0.2) is 0 Å². The van der Waals surface area contributed by atoms with E-state index >= 15 is 0 Å². The topological polar surface area (TPSA) is 69.6 Å². The van der Waals surface area contributed by atoms with Crippen LogP contribution in [0.5, 0.6) is 0 Å². The Hall–Kier alpha value is -1.41. The van der Waals surface area contributed by atoms with Gasteiger partial charge in [0.2, 0.25) is 10.0 Å². The molecule has 0 unspecified atom stereocenters. The van der Waals surface area contributed by atoms with Crippen molar-refractivity contribution in [2.75, 3.05) is 50.6 Å². The van der Waals surface area contributed by atoms with Gasteiger partial charge in [0.25, 0.3) is 0 Å². The average Bonchev–Trinajstić information content (AvgIpc) is 3.41. The minimum absolute atomic E-state index is 0.118. The molecule has 1 saturated carbocycles. The smallest absolute Gasteiger partial charge is 0.216 e. The van der Waals surface area contributed by atoms with Gasteiger partial charge in [0.1, 0.15) is 18.0 Å². The maximum Gasteiger partial charge on any atom is 0.216 e. The van der Waals surface area contributed by atoms with Crippen molar-refractivity contribution in [1.29, 1.82) is 0 Å². The van der Waals surface area contributed by atoms with Crippen LogP contribution >= 0.6 is 0 Å². The Morgan fingerprint density at radius 3 is 2.38 bits per heavy atom. The molecular weight excluding hydrogens is 326 g/mol. The predicted molar refractivity (Wildman–Crippen MR) is 95.9 cm³/mol. The molecule has 1 saturated heterocycles. The summed E-state index contributed by atoms with van der Waals surface area (Å²) < 4.78 is 26.1. The maximum absolute atomic E-state index is 12.2. The molecule has 1 aliphatic heterocycles. The van der Waals surface area contributed by atoms with Gasteiger partial charge in [-0.1, -0.05) is 0 Å². The molecule has 0 radical (unpaired) electrons. The highest BCUT2D eigenvalue weighted by Gasteiger charge is 2.39. The van der Waals surface area contributed by atoms with Crippen LogP contribution in [0.25, 0.3) is 0 Å². The lowest BCUT2D eigenvalue weighted by Crippen LogP contribution is -2.40. The third-order valence-corrected chi connectivity index (χ3v) is 7.26. The Morgan fingerprint density at radius 1 is 1.12 bits per heavy atom. The number of anilines is 2. The lowest BCUT2D eigenvalue weighted by molar-refractivity contribution is 0.327. The summed E-state index contributed by atoms with van der Waals surface area (Å²) in [6.07, 6.45) is 5.24. The first-order valence-electron chi connectivity index (χ1n) is 8.57. The van der Waals surface area contributed by atoms with E-state index in [0.29, 0.717) is 12.5 Å². The summed E-state index contributed by atoms with van der Waals surface area (Å²) in [5, 5.41) is -0.118. The summed E-state index contributed by atoms with van der Waals surface area (Å²) in [6.45, 7) is 2.46. The van der Waals surface area contributed by atoms with Crippen LogP contribution in [0.4, 0.5) is 11.6 Å². The first-order valence-corrected chi connectivity index (χ1v) is 10.1. The van der Waals surface area contributed by atoms with Crippen LogP contribution in [0, 0.1) is 5.92 Å². The number of hydrogen-bond donors (Lipinski definition) is 0. The minimum atomic E-state index is -3.05. The Morgan fingerprint density at radius 2 is 1.79 bits per heavy atom. The van der Waals surface area contributed by atoms with Gasteiger partial charge in [-0.3, -0.25) is 0 Å². The van der Waals surface area contributed by atoms with Gasteiger partial charge in [0, 0.05) is 46.8 Å². The van der Waals surface area contributed by atoms with Crippen molar-refractivity contribution in [3.05, 3.63) is 12.4 Å². The zero-order chi connectivity index (χ0) is 17.3. The molecule has 7 nitrogen and oxygen atoms in total. The van der Waals surface area contributed by atoms with Crippen molar-refractivity contribution in [2.24, 2.45) is 5.92 Å². The van der Waals surface area contributed by atoms with Crippen molar-refractivity contribution >= 4 is 21.7 Å². The largest absolute Gasteiger partial charge is 0.363 e. The fourth-order valence-corrected chi connectivity index (χ4v) is 4.85. The molecule has 0 N–H and O–H groups in total. The third-order valence-electron chi connectivity index (χ3n) is 4.93. The SMILES string of the molecule is CN(C)c1cc(N2CCC(CN(C)S(=O)(=O)C3CC3)CC2)ncn1.